The van der Waals surface area contributed by atoms with Gasteiger partial charge in [0, 0.05) is 17.6 Å². The van der Waals surface area contributed by atoms with E-state index in [4.69, 9.17) is 0 Å². The molecule has 0 spiro atoms. The van der Waals surface area contributed by atoms with Crippen molar-refractivity contribution in [2.75, 3.05) is 6.61 Å². The second kappa shape index (κ2) is 4.50. The SMILES string of the molecule is CC12CC3CC3(CCO)c3ccccc3C(C)(N1)c1ccccc12. The smallest absolute Gasteiger partial charge is 0.0674 e. The van der Waals surface area contributed by atoms with Gasteiger partial charge in [0.25, 0.3) is 0 Å². The molecule has 0 radical (unpaired) electrons. The molecule has 2 heteroatoms. The largest absolute Gasteiger partial charge is 0.396 e. The summed E-state index contributed by atoms with van der Waals surface area (Å²) in [6, 6.07) is 17.9. The standard InChI is InChI=1S/C22H25NO/c1-20-13-15-14-22(15,11-12-24)19-10-6-5-9-18(19)21(2,23-20)17-8-4-3-7-16(17)20/h3-10,15,23-24H,11-14H2,1-2H3. The van der Waals surface area contributed by atoms with Gasteiger partial charge in [-0.05, 0) is 61.3 Å². The molecule has 1 fully saturated rings. The Labute approximate surface area is 143 Å². The Bertz CT molecular complexity index is 830. The van der Waals surface area contributed by atoms with E-state index in [0.29, 0.717) is 5.92 Å². The van der Waals surface area contributed by atoms with Crippen LogP contribution in [0.25, 0.3) is 0 Å². The van der Waals surface area contributed by atoms with Gasteiger partial charge in [-0.2, -0.15) is 0 Å². The monoisotopic (exact) mass is 319 g/mol. The van der Waals surface area contributed by atoms with Gasteiger partial charge in [-0.3, -0.25) is 5.32 Å². The summed E-state index contributed by atoms with van der Waals surface area (Å²) in [4.78, 5) is 0. The van der Waals surface area contributed by atoms with Crippen LogP contribution in [0.4, 0.5) is 0 Å². The average molecular weight is 319 g/mol. The van der Waals surface area contributed by atoms with Gasteiger partial charge in [0.1, 0.15) is 0 Å². The van der Waals surface area contributed by atoms with Gasteiger partial charge in [-0.1, -0.05) is 48.5 Å². The number of nitrogens with one attached hydrogen (secondary N) is 1. The number of fused-ring (bicyclic) bond motifs is 9. The van der Waals surface area contributed by atoms with Crippen molar-refractivity contribution in [2.45, 2.75) is 49.6 Å². The van der Waals surface area contributed by atoms with E-state index in [-0.39, 0.29) is 23.1 Å². The van der Waals surface area contributed by atoms with E-state index >= 15 is 0 Å². The molecular formula is C22H25NO. The van der Waals surface area contributed by atoms with E-state index in [1.165, 1.54) is 28.7 Å². The summed E-state index contributed by atoms with van der Waals surface area (Å²) < 4.78 is 0. The fourth-order valence-electron chi connectivity index (χ4n) is 5.92. The van der Waals surface area contributed by atoms with Crippen molar-refractivity contribution in [2.24, 2.45) is 5.92 Å². The highest BCUT2D eigenvalue weighted by Gasteiger charge is 2.62. The zero-order valence-corrected chi connectivity index (χ0v) is 14.5. The van der Waals surface area contributed by atoms with Crippen molar-refractivity contribution >= 4 is 0 Å². The van der Waals surface area contributed by atoms with Crippen LogP contribution in [0.1, 0.15) is 55.4 Å². The summed E-state index contributed by atoms with van der Waals surface area (Å²) in [5.41, 5.74) is 5.76. The van der Waals surface area contributed by atoms with Crippen LogP contribution in [0.15, 0.2) is 48.5 Å². The zero-order chi connectivity index (χ0) is 16.6. The topological polar surface area (TPSA) is 32.3 Å². The number of aliphatic hydroxyl groups excluding tert-OH is 1. The van der Waals surface area contributed by atoms with Crippen molar-refractivity contribution in [3.8, 4) is 0 Å². The summed E-state index contributed by atoms with van der Waals surface area (Å²) >= 11 is 0. The lowest BCUT2D eigenvalue weighted by Crippen LogP contribution is -2.47. The van der Waals surface area contributed by atoms with Crippen molar-refractivity contribution < 1.29 is 5.11 Å². The van der Waals surface area contributed by atoms with Crippen LogP contribution >= 0.6 is 0 Å². The van der Waals surface area contributed by atoms with Gasteiger partial charge in [-0.25, -0.2) is 0 Å². The van der Waals surface area contributed by atoms with Crippen LogP contribution < -0.4 is 5.32 Å². The molecule has 2 bridgehead atoms. The molecule has 2 nitrogen and oxygen atoms in total. The number of hydrogen-bond donors (Lipinski definition) is 2. The van der Waals surface area contributed by atoms with Crippen molar-refractivity contribution in [1.82, 2.24) is 5.32 Å². The molecule has 4 unspecified atom stereocenters. The Kier molecular flexibility index (Phi) is 2.75. The van der Waals surface area contributed by atoms with Crippen LogP contribution in [-0.2, 0) is 16.5 Å². The maximum atomic E-state index is 9.73. The Balaban J connectivity index is 1.81. The molecule has 124 valence electrons. The lowest BCUT2D eigenvalue weighted by molar-refractivity contribution is 0.236. The van der Waals surface area contributed by atoms with Crippen LogP contribution in [0.2, 0.25) is 0 Å². The predicted octanol–water partition coefficient (Wildman–Crippen LogP) is 3.81. The van der Waals surface area contributed by atoms with E-state index in [1.54, 1.807) is 0 Å². The Morgan fingerprint density at radius 1 is 0.917 bits per heavy atom. The molecule has 3 aliphatic rings. The molecule has 0 aromatic heterocycles. The lowest BCUT2D eigenvalue weighted by Gasteiger charge is -2.38. The highest BCUT2D eigenvalue weighted by atomic mass is 16.3. The highest BCUT2D eigenvalue weighted by Crippen LogP contribution is 2.65. The van der Waals surface area contributed by atoms with Gasteiger partial charge in [0.05, 0.1) is 5.54 Å². The van der Waals surface area contributed by atoms with E-state index in [9.17, 15) is 5.11 Å². The summed E-state index contributed by atoms with van der Waals surface area (Å²) in [5.74, 6) is 0.652. The van der Waals surface area contributed by atoms with Crippen LogP contribution in [0, 0.1) is 5.92 Å². The molecular weight excluding hydrogens is 294 g/mol. The average Bonchev–Trinajstić information content (AvgIpc) is 3.19. The summed E-state index contributed by atoms with van der Waals surface area (Å²) in [6.45, 7) is 4.98. The second-order valence-electron chi connectivity index (χ2n) is 8.41. The molecule has 0 saturated heterocycles. The fourth-order valence-corrected chi connectivity index (χ4v) is 5.92. The van der Waals surface area contributed by atoms with Gasteiger partial charge in [0.15, 0.2) is 0 Å². The molecule has 1 aliphatic carbocycles. The maximum Gasteiger partial charge on any atom is 0.0674 e. The first-order valence-corrected chi connectivity index (χ1v) is 9.14. The van der Waals surface area contributed by atoms with E-state index in [2.05, 4.69) is 67.7 Å². The number of hydrogen-bond acceptors (Lipinski definition) is 2. The minimum Gasteiger partial charge on any atom is -0.396 e. The Hall–Kier alpha value is -1.64. The molecule has 24 heavy (non-hydrogen) atoms. The molecule has 2 aromatic carbocycles. The molecule has 2 heterocycles. The normalized spacial score (nSPS) is 38.5. The minimum absolute atomic E-state index is 0.0146. The van der Waals surface area contributed by atoms with E-state index in [0.717, 1.165) is 12.8 Å². The minimum atomic E-state index is -0.155. The van der Waals surface area contributed by atoms with Crippen molar-refractivity contribution in [1.29, 1.82) is 0 Å². The Morgan fingerprint density at radius 3 is 2.17 bits per heavy atom. The van der Waals surface area contributed by atoms with Gasteiger partial charge < -0.3 is 5.11 Å². The predicted molar refractivity (Wildman–Crippen MR) is 95.9 cm³/mol. The van der Waals surface area contributed by atoms with Crippen molar-refractivity contribution in [3.05, 3.63) is 70.8 Å². The van der Waals surface area contributed by atoms with Crippen molar-refractivity contribution in [3.63, 3.8) is 0 Å². The second-order valence-corrected chi connectivity index (χ2v) is 8.41. The first kappa shape index (κ1) is 14.7. The third-order valence-corrected chi connectivity index (χ3v) is 7.03. The highest BCUT2D eigenvalue weighted by molar-refractivity contribution is 5.56. The van der Waals surface area contributed by atoms with Crippen LogP contribution in [0.3, 0.4) is 0 Å². The first-order chi connectivity index (χ1) is 11.5. The van der Waals surface area contributed by atoms with Gasteiger partial charge in [-0.15, -0.1) is 0 Å². The Morgan fingerprint density at radius 2 is 1.50 bits per heavy atom. The molecule has 2 aliphatic heterocycles. The molecule has 2 aromatic rings. The summed E-state index contributed by atoms with van der Waals surface area (Å²) in [5, 5.41) is 13.8. The first-order valence-electron chi connectivity index (χ1n) is 9.14. The van der Waals surface area contributed by atoms with E-state index < -0.39 is 0 Å². The van der Waals surface area contributed by atoms with Gasteiger partial charge in [0.2, 0.25) is 0 Å². The number of benzene rings is 2. The molecule has 1 saturated carbocycles. The van der Waals surface area contributed by atoms with Gasteiger partial charge >= 0.3 is 0 Å². The molecule has 0 amide bonds. The van der Waals surface area contributed by atoms with E-state index in [1.807, 2.05) is 0 Å². The molecule has 5 rings (SSSR count). The maximum absolute atomic E-state index is 9.73. The summed E-state index contributed by atoms with van der Waals surface area (Å²) in [6.07, 6.45) is 3.24. The quantitative estimate of drug-likeness (QED) is 0.882. The zero-order valence-electron chi connectivity index (χ0n) is 14.5. The lowest BCUT2D eigenvalue weighted by atomic mass is 9.76. The van der Waals surface area contributed by atoms with Crippen LogP contribution in [-0.4, -0.2) is 11.7 Å². The van der Waals surface area contributed by atoms with Crippen LogP contribution in [0.5, 0.6) is 0 Å². The third-order valence-electron chi connectivity index (χ3n) is 7.03. The molecule has 2 N–H and O–H groups in total. The number of rotatable bonds is 2. The summed E-state index contributed by atoms with van der Waals surface area (Å²) in [7, 11) is 0. The fraction of sp³-hybridized carbons (Fsp3) is 0.455. The number of aliphatic hydroxyl groups is 1. The third kappa shape index (κ3) is 1.63. The molecule has 4 atom stereocenters.